The minimum absolute atomic E-state index is 0.0920. The van der Waals surface area contributed by atoms with E-state index < -0.39 is 17.8 Å². The van der Waals surface area contributed by atoms with Crippen LogP contribution in [0, 0.1) is 11.7 Å². The molecule has 7 heteroatoms. The largest absolute Gasteiger partial charge is 0.368 e. The first-order valence-corrected chi connectivity index (χ1v) is 5.03. The van der Waals surface area contributed by atoms with Crippen molar-refractivity contribution in [2.75, 3.05) is 5.32 Å². The highest BCUT2D eigenvalue weighted by Gasteiger charge is 2.21. The van der Waals surface area contributed by atoms with Crippen molar-refractivity contribution in [3.05, 3.63) is 17.3 Å². The summed E-state index contributed by atoms with van der Waals surface area (Å²) in [5, 5.41) is 2.50. The van der Waals surface area contributed by atoms with E-state index in [1.807, 2.05) is 0 Å². The fraction of sp³-hybridized carbons (Fsp3) is 0.444. The molecule has 88 valence electrons. The number of carbonyl (C=O) groups excluding carboxylic acids is 1. The molecule has 0 aliphatic rings. The fourth-order valence-electron chi connectivity index (χ4n) is 1.16. The molecule has 0 fully saturated rings. The second kappa shape index (κ2) is 5.07. The van der Waals surface area contributed by atoms with Gasteiger partial charge in [-0.2, -0.15) is 4.98 Å². The minimum Gasteiger partial charge on any atom is -0.368 e. The summed E-state index contributed by atoms with van der Waals surface area (Å²) < 4.78 is 13.3. The Balaban J connectivity index is 2.93. The van der Waals surface area contributed by atoms with E-state index in [1.54, 1.807) is 13.8 Å². The van der Waals surface area contributed by atoms with Crippen LogP contribution in [0.4, 0.5) is 10.2 Å². The first kappa shape index (κ1) is 12.6. The molecule has 1 aromatic heterocycles. The summed E-state index contributed by atoms with van der Waals surface area (Å²) in [6.45, 7) is 3.56. The summed E-state index contributed by atoms with van der Waals surface area (Å²) in [5.74, 6) is -1.48. The van der Waals surface area contributed by atoms with Crippen molar-refractivity contribution in [3.63, 3.8) is 0 Å². The van der Waals surface area contributed by atoms with Gasteiger partial charge in [0.15, 0.2) is 11.6 Å². The Hall–Kier alpha value is -1.43. The van der Waals surface area contributed by atoms with Gasteiger partial charge >= 0.3 is 0 Å². The Morgan fingerprint density at radius 2 is 2.25 bits per heavy atom. The Kier molecular flexibility index (Phi) is 4.00. The predicted octanol–water partition coefficient (Wildman–Crippen LogP) is 1.19. The number of amides is 1. The highest BCUT2D eigenvalue weighted by Crippen LogP contribution is 2.15. The molecule has 5 nitrogen and oxygen atoms in total. The maximum absolute atomic E-state index is 13.3. The van der Waals surface area contributed by atoms with Gasteiger partial charge in [0.2, 0.25) is 11.2 Å². The molecule has 0 radical (unpaired) electrons. The van der Waals surface area contributed by atoms with E-state index in [2.05, 4.69) is 15.3 Å². The van der Waals surface area contributed by atoms with E-state index in [4.69, 9.17) is 17.3 Å². The van der Waals surface area contributed by atoms with Crippen molar-refractivity contribution in [2.24, 2.45) is 11.7 Å². The summed E-state index contributed by atoms with van der Waals surface area (Å²) >= 11 is 5.51. The Morgan fingerprint density at radius 3 is 2.75 bits per heavy atom. The van der Waals surface area contributed by atoms with Gasteiger partial charge < -0.3 is 11.1 Å². The SMILES string of the molecule is CC(C)[C@H](Nc1nc(Cl)ncc1F)C(N)=O. The summed E-state index contributed by atoms with van der Waals surface area (Å²) in [5.41, 5.74) is 5.17. The molecule has 0 saturated heterocycles. The maximum Gasteiger partial charge on any atom is 0.240 e. The van der Waals surface area contributed by atoms with Gasteiger partial charge in [-0.15, -0.1) is 0 Å². The number of anilines is 1. The first-order valence-electron chi connectivity index (χ1n) is 4.65. The molecule has 1 rings (SSSR count). The maximum atomic E-state index is 13.3. The average molecular weight is 247 g/mol. The molecule has 0 aliphatic heterocycles. The summed E-state index contributed by atoms with van der Waals surface area (Å²) in [7, 11) is 0. The highest BCUT2D eigenvalue weighted by atomic mass is 35.5. The molecular weight excluding hydrogens is 235 g/mol. The van der Waals surface area contributed by atoms with E-state index in [0.717, 1.165) is 6.20 Å². The zero-order chi connectivity index (χ0) is 12.3. The molecule has 1 amide bonds. The minimum atomic E-state index is -0.708. The van der Waals surface area contributed by atoms with Crippen LogP contribution in [0.2, 0.25) is 5.28 Å². The smallest absolute Gasteiger partial charge is 0.240 e. The van der Waals surface area contributed by atoms with Crippen LogP contribution in [0.15, 0.2) is 6.20 Å². The third-order valence-electron chi connectivity index (χ3n) is 1.98. The molecule has 0 unspecified atom stereocenters. The molecule has 16 heavy (non-hydrogen) atoms. The molecular formula is C9H12ClFN4O. The number of nitrogens with zero attached hydrogens (tertiary/aromatic N) is 2. The van der Waals surface area contributed by atoms with Crippen molar-refractivity contribution in [1.29, 1.82) is 0 Å². The number of nitrogens with one attached hydrogen (secondary N) is 1. The topological polar surface area (TPSA) is 80.9 Å². The third kappa shape index (κ3) is 3.03. The lowest BCUT2D eigenvalue weighted by Crippen LogP contribution is -2.40. The van der Waals surface area contributed by atoms with Crippen LogP contribution in [-0.4, -0.2) is 21.9 Å². The van der Waals surface area contributed by atoms with Gasteiger partial charge in [0.25, 0.3) is 0 Å². The van der Waals surface area contributed by atoms with Crippen LogP contribution in [0.1, 0.15) is 13.8 Å². The van der Waals surface area contributed by atoms with Crippen LogP contribution in [0.25, 0.3) is 0 Å². The van der Waals surface area contributed by atoms with Crippen LogP contribution in [0.5, 0.6) is 0 Å². The predicted molar refractivity (Wildman–Crippen MR) is 58.4 cm³/mol. The van der Waals surface area contributed by atoms with Crippen molar-refractivity contribution in [2.45, 2.75) is 19.9 Å². The fourth-order valence-corrected chi connectivity index (χ4v) is 1.29. The standard InChI is InChI=1S/C9H12ClFN4O/c1-4(2)6(7(12)16)14-8-5(11)3-13-9(10)15-8/h3-4,6H,1-2H3,(H2,12,16)(H,13,14,15)/t6-/m0/s1. The number of halogens is 2. The van der Waals surface area contributed by atoms with E-state index in [-0.39, 0.29) is 17.0 Å². The Bertz CT molecular complexity index is 399. The van der Waals surface area contributed by atoms with E-state index in [0.29, 0.717) is 0 Å². The van der Waals surface area contributed by atoms with Crippen molar-refractivity contribution in [1.82, 2.24) is 9.97 Å². The van der Waals surface area contributed by atoms with Gasteiger partial charge in [-0.3, -0.25) is 4.79 Å². The number of hydrogen-bond donors (Lipinski definition) is 2. The van der Waals surface area contributed by atoms with E-state index >= 15 is 0 Å². The lowest BCUT2D eigenvalue weighted by molar-refractivity contribution is -0.119. The Labute approximate surface area is 97.2 Å². The third-order valence-corrected chi connectivity index (χ3v) is 2.16. The van der Waals surface area contributed by atoms with Crippen LogP contribution in [-0.2, 0) is 4.79 Å². The molecule has 0 spiro atoms. The molecule has 1 aromatic rings. The van der Waals surface area contributed by atoms with Gasteiger partial charge in [-0.1, -0.05) is 13.8 Å². The monoisotopic (exact) mass is 246 g/mol. The number of primary amides is 1. The zero-order valence-electron chi connectivity index (χ0n) is 8.87. The summed E-state index contributed by atoms with van der Waals surface area (Å²) in [4.78, 5) is 18.2. The van der Waals surface area contributed by atoms with Gasteiger partial charge in [-0.05, 0) is 17.5 Å². The summed E-state index contributed by atoms with van der Waals surface area (Å²) in [6.07, 6.45) is 0.927. The number of nitrogens with two attached hydrogens (primary N) is 1. The molecule has 0 bridgehead atoms. The second-order valence-electron chi connectivity index (χ2n) is 3.60. The zero-order valence-corrected chi connectivity index (χ0v) is 9.62. The van der Waals surface area contributed by atoms with E-state index in [9.17, 15) is 9.18 Å². The van der Waals surface area contributed by atoms with Crippen molar-refractivity contribution >= 4 is 23.3 Å². The highest BCUT2D eigenvalue weighted by molar-refractivity contribution is 6.28. The van der Waals surface area contributed by atoms with E-state index in [1.165, 1.54) is 0 Å². The van der Waals surface area contributed by atoms with Gasteiger partial charge in [0.05, 0.1) is 6.20 Å². The lowest BCUT2D eigenvalue weighted by atomic mass is 10.0. The van der Waals surface area contributed by atoms with Gasteiger partial charge in [-0.25, -0.2) is 9.37 Å². The van der Waals surface area contributed by atoms with Crippen LogP contribution >= 0.6 is 11.6 Å². The number of carbonyl (C=O) groups is 1. The summed E-state index contributed by atoms with van der Waals surface area (Å²) in [6, 6.07) is -0.708. The molecule has 1 atom stereocenters. The molecule has 1 heterocycles. The van der Waals surface area contributed by atoms with Crippen LogP contribution in [0.3, 0.4) is 0 Å². The van der Waals surface area contributed by atoms with Crippen molar-refractivity contribution in [3.8, 4) is 0 Å². The second-order valence-corrected chi connectivity index (χ2v) is 3.94. The number of hydrogen-bond acceptors (Lipinski definition) is 4. The lowest BCUT2D eigenvalue weighted by Gasteiger charge is -2.19. The average Bonchev–Trinajstić information content (AvgIpc) is 2.18. The molecule has 0 aliphatic carbocycles. The van der Waals surface area contributed by atoms with Crippen LogP contribution < -0.4 is 11.1 Å². The first-order chi connectivity index (χ1) is 7.41. The quantitative estimate of drug-likeness (QED) is 0.782. The normalized spacial score (nSPS) is 12.6. The number of aromatic nitrogens is 2. The van der Waals surface area contributed by atoms with Crippen molar-refractivity contribution < 1.29 is 9.18 Å². The molecule has 3 N–H and O–H groups in total. The molecule has 0 aromatic carbocycles. The molecule has 0 saturated carbocycles. The number of rotatable bonds is 4. The Morgan fingerprint density at radius 1 is 1.62 bits per heavy atom. The van der Waals surface area contributed by atoms with Gasteiger partial charge in [0, 0.05) is 0 Å². The van der Waals surface area contributed by atoms with Gasteiger partial charge in [0.1, 0.15) is 6.04 Å².